The number of anilines is 1. The van der Waals surface area contributed by atoms with E-state index in [1.807, 2.05) is 18.2 Å². The minimum atomic E-state index is -0.834. The summed E-state index contributed by atoms with van der Waals surface area (Å²) in [4.78, 5) is 39.8. The summed E-state index contributed by atoms with van der Waals surface area (Å²) < 4.78 is 4.99. The highest BCUT2D eigenvalue weighted by Crippen LogP contribution is 2.22. The second-order valence-electron chi connectivity index (χ2n) is 6.40. The molecule has 1 saturated heterocycles. The fraction of sp³-hybridized carbons (Fsp3) is 0.250. The molecule has 0 aromatic heterocycles. The highest BCUT2D eigenvalue weighted by Gasteiger charge is 2.25. The Balaban J connectivity index is 1.45. The number of nitrogens with one attached hydrogen (secondary N) is 1. The molecule has 2 aromatic carbocycles. The van der Waals surface area contributed by atoms with Gasteiger partial charge in [-0.3, -0.25) is 4.79 Å². The molecule has 29 heavy (non-hydrogen) atoms. The second-order valence-corrected chi connectivity index (χ2v) is 6.84. The van der Waals surface area contributed by atoms with Crippen LogP contribution in [0.15, 0.2) is 48.5 Å². The summed E-state index contributed by atoms with van der Waals surface area (Å²) in [5.74, 6) is -1.48. The van der Waals surface area contributed by atoms with E-state index in [1.165, 1.54) is 23.1 Å². The van der Waals surface area contributed by atoms with Crippen LogP contribution in [-0.4, -0.2) is 65.6 Å². The Bertz CT molecular complexity index is 898. The number of piperazine rings is 1. The number of aromatic hydroxyl groups is 1. The van der Waals surface area contributed by atoms with Gasteiger partial charge in [0.25, 0.3) is 5.91 Å². The molecule has 0 atom stereocenters. The molecule has 1 aliphatic rings. The maximum absolute atomic E-state index is 12.3. The first-order valence-electron chi connectivity index (χ1n) is 8.98. The van der Waals surface area contributed by atoms with Crippen LogP contribution in [0.25, 0.3) is 0 Å². The lowest BCUT2D eigenvalue weighted by atomic mass is 10.2. The Kier molecular flexibility index (Phi) is 6.56. The predicted molar refractivity (Wildman–Crippen MR) is 107 cm³/mol. The molecule has 1 heterocycles. The van der Waals surface area contributed by atoms with Crippen molar-refractivity contribution in [3.8, 4) is 5.75 Å². The van der Waals surface area contributed by atoms with Crippen molar-refractivity contribution >= 4 is 35.2 Å². The van der Waals surface area contributed by atoms with Gasteiger partial charge < -0.3 is 25.0 Å². The molecule has 3 amide bonds. The smallest absolute Gasteiger partial charge is 0.342 e. The zero-order valence-electron chi connectivity index (χ0n) is 15.5. The van der Waals surface area contributed by atoms with E-state index < -0.39 is 12.6 Å². The summed E-state index contributed by atoms with van der Waals surface area (Å²) in [6.45, 7) is 0.948. The molecule has 0 saturated carbocycles. The first-order chi connectivity index (χ1) is 13.9. The third-order valence-corrected chi connectivity index (χ3v) is 4.68. The molecule has 0 aliphatic carbocycles. The third kappa shape index (κ3) is 5.39. The van der Waals surface area contributed by atoms with Crippen LogP contribution in [-0.2, 0) is 9.53 Å². The van der Waals surface area contributed by atoms with Gasteiger partial charge >= 0.3 is 12.0 Å². The van der Waals surface area contributed by atoms with E-state index in [0.29, 0.717) is 31.9 Å². The molecule has 0 bridgehead atoms. The molecule has 3 rings (SSSR count). The van der Waals surface area contributed by atoms with Crippen molar-refractivity contribution in [3.05, 3.63) is 59.1 Å². The number of amides is 3. The largest absolute Gasteiger partial charge is 0.507 e. The first kappa shape index (κ1) is 20.5. The van der Waals surface area contributed by atoms with Gasteiger partial charge in [-0.2, -0.15) is 0 Å². The topological polar surface area (TPSA) is 99.2 Å². The van der Waals surface area contributed by atoms with E-state index in [0.717, 1.165) is 0 Å². The fourth-order valence-corrected chi connectivity index (χ4v) is 3.02. The van der Waals surface area contributed by atoms with Gasteiger partial charge in [-0.05, 0) is 30.3 Å². The number of rotatable bonds is 4. The minimum absolute atomic E-state index is 0.104. The van der Waals surface area contributed by atoms with Crippen molar-refractivity contribution in [2.24, 2.45) is 0 Å². The lowest BCUT2D eigenvalue weighted by Gasteiger charge is -2.34. The third-order valence-electron chi connectivity index (χ3n) is 4.45. The number of esters is 1. The Hall–Kier alpha value is -3.26. The van der Waals surface area contributed by atoms with Gasteiger partial charge in [0.05, 0.1) is 0 Å². The molecule has 0 spiro atoms. The van der Waals surface area contributed by atoms with Crippen molar-refractivity contribution in [1.29, 1.82) is 0 Å². The molecule has 1 aliphatic heterocycles. The van der Waals surface area contributed by atoms with Crippen LogP contribution in [0.1, 0.15) is 10.4 Å². The molecule has 9 heteroatoms. The van der Waals surface area contributed by atoms with E-state index in [2.05, 4.69) is 5.32 Å². The maximum atomic E-state index is 12.3. The summed E-state index contributed by atoms with van der Waals surface area (Å²) >= 11 is 5.80. The molecule has 2 N–H and O–H groups in total. The molecule has 0 radical (unpaired) electrons. The average Bonchev–Trinajstić information content (AvgIpc) is 2.74. The summed E-state index contributed by atoms with van der Waals surface area (Å²) in [6, 6.07) is 12.9. The number of ether oxygens (including phenoxy) is 1. The quantitative estimate of drug-likeness (QED) is 0.745. The van der Waals surface area contributed by atoms with Crippen LogP contribution in [0, 0.1) is 0 Å². The van der Waals surface area contributed by atoms with Crippen molar-refractivity contribution in [2.45, 2.75) is 0 Å². The number of para-hydroxylation sites is 1. The average molecular weight is 418 g/mol. The van der Waals surface area contributed by atoms with Crippen LogP contribution in [0.5, 0.6) is 5.75 Å². The SMILES string of the molecule is O=C(OCC(=O)N1CCN(C(=O)Nc2ccccc2)CC1)c1cc(Cl)ccc1O. The van der Waals surface area contributed by atoms with Crippen molar-refractivity contribution in [1.82, 2.24) is 9.80 Å². The highest BCUT2D eigenvalue weighted by atomic mass is 35.5. The number of carbonyl (C=O) groups excluding carboxylic acids is 3. The summed E-state index contributed by atoms with van der Waals surface area (Å²) in [5.41, 5.74) is 0.597. The lowest BCUT2D eigenvalue weighted by Crippen LogP contribution is -2.52. The van der Waals surface area contributed by atoms with Gasteiger partial charge in [0, 0.05) is 36.9 Å². The van der Waals surface area contributed by atoms with Crippen LogP contribution in [0.2, 0.25) is 5.02 Å². The van der Waals surface area contributed by atoms with E-state index >= 15 is 0 Å². The van der Waals surface area contributed by atoms with Crippen molar-refractivity contribution in [3.63, 3.8) is 0 Å². The Morgan fingerprint density at radius 3 is 2.34 bits per heavy atom. The number of hydrogen-bond donors (Lipinski definition) is 2. The highest BCUT2D eigenvalue weighted by molar-refractivity contribution is 6.31. The van der Waals surface area contributed by atoms with Crippen LogP contribution >= 0.6 is 11.6 Å². The Morgan fingerprint density at radius 1 is 1.00 bits per heavy atom. The van der Waals surface area contributed by atoms with Crippen LogP contribution < -0.4 is 5.32 Å². The van der Waals surface area contributed by atoms with Gasteiger partial charge in [0.1, 0.15) is 11.3 Å². The van der Waals surface area contributed by atoms with Gasteiger partial charge in [-0.15, -0.1) is 0 Å². The van der Waals surface area contributed by atoms with Gasteiger partial charge in [0.15, 0.2) is 6.61 Å². The minimum Gasteiger partial charge on any atom is -0.507 e. The van der Waals surface area contributed by atoms with E-state index in [9.17, 15) is 19.5 Å². The van der Waals surface area contributed by atoms with Crippen molar-refractivity contribution < 1.29 is 24.2 Å². The molecule has 1 fully saturated rings. The predicted octanol–water partition coefficient (Wildman–Crippen LogP) is 2.58. The van der Waals surface area contributed by atoms with Crippen LogP contribution in [0.4, 0.5) is 10.5 Å². The number of nitrogens with zero attached hydrogens (tertiary/aromatic N) is 2. The Labute approximate surface area is 172 Å². The number of carbonyl (C=O) groups is 3. The van der Waals surface area contributed by atoms with Crippen LogP contribution in [0.3, 0.4) is 0 Å². The van der Waals surface area contributed by atoms with Gasteiger partial charge in [-0.1, -0.05) is 29.8 Å². The monoisotopic (exact) mass is 417 g/mol. The summed E-state index contributed by atoms with van der Waals surface area (Å²) in [7, 11) is 0. The standard InChI is InChI=1S/C20H20ClN3O5/c21-14-6-7-17(25)16(12-14)19(27)29-13-18(26)23-8-10-24(11-9-23)20(28)22-15-4-2-1-3-5-15/h1-7,12,25H,8-11,13H2,(H,22,28). The van der Waals surface area contributed by atoms with E-state index in [1.54, 1.807) is 17.0 Å². The molecule has 0 unspecified atom stereocenters. The van der Waals surface area contributed by atoms with Gasteiger partial charge in [-0.25, -0.2) is 9.59 Å². The van der Waals surface area contributed by atoms with Gasteiger partial charge in [0.2, 0.25) is 0 Å². The number of hydrogen-bond acceptors (Lipinski definition) is 5. The molecular weight excluding hydrogens is 398 g/mol. The summed E-state index contributed by atoms with van der Waals surface area (Å²) in [5, 5.41) is 12.8. The van der Waals surface area contributed by atoms with Crippen molar-refractivity contribution in [2.75, 3.05) is 38.1 Å². The number of benzene rings is 2. The number of halogens is 1. The lowest BCUT2D eigenvalue weighted by molar-refractivity contribution is -0.135. The van der Waals surface area contributed by atoms with E-state index in [-0.39, 0.29) is 28.3 Å². The molecule has 152 valence electrons. The second kappa shape index (κ2) is 9.29. The maximum Gasteiger partial charge on any atom is 0.342 e. The number of phenolic OH excluding ortho intramolecular Hbond substituents is 1. The number of phenols is 1. The van der Waals surface area contributed by atoms with E-state index in [4.69, 9.17) is 16.3 Å². The molecular formula is C20H20ClN3O5. The zero-order valence-corrected chi connectivity index (χ0v) is 16.3. The molecule has 8 nitrogen and oxygen atoms in total. The number of urea groups is 1. The Morgan fingerprint density at radius 2 is 1.66 bits per heavy atom. The normalized spacial score (nSPS) is 13.7. The first-order valence-corrected chi connectivity index (χ1v) is 9.36. The fourth-order valence-electron chi connectivity index (χ4n) is 2.85. The summed E-state index contributed by atoms with van der Waals surface area (Å²) in [6.07, 6.45) is 0. The molecule has 2 aromatic rings. The zero-order chi connectivity index (χ0) is 20.8.